The number of halogens is 1. The minimum Gasteiger partial charge on any atom is -0.380 e. The van der Waals surface area contributed by atoms with Gasteiger partial charge < -0.3 is 10.2 Å². The van der Waals surface area contributed by atoms with Crippen LogP contribution in [0.5, 0.6) is 0 Å². The summed E-state index contributed by atoms with van der Waals surface area (Å²) in [5, 5.41) is 4.08. The first-order valence-corrected chi connectivity index (χ1v) is 6.38. The van der Waals surface area contributed by atoms with Crippen molar-refractivity contribution in [1.82, 2.24) is 4.98 Å². The maximum atomic E-state index is 5.96. The minimum atomic E-state index is 0.689. The average molecular weight is 238 g/mol. The van der Waals surface area contributed by atoms with Crippen LogP contribution in [0.1, 0.15) is 25.7 Å². The number of nitrogens with zero attached hydrogens (tertiary/aromatic N) is 2. The Morgan fingerprint density at radius 3 is 3.00 bits per heavy atom. The van der Waals surface area contributed by atoms with Gasteiger partial charge in [-0.25, -0.2) is 4.98 Å². The number of anilines is 2. The lowest BCUT2D eigenvalue weighted by atomic mass is 10.1. The lowest BCUT2D eigenvalue weighted by Gasteiger charge is -2.35. The fourth-order valence-electron chi connectivity index (χ4n) is 2.78. The predicted molar refractivity (Wildman–Crippen MR) is 67.3 cm³/mol. The van der Waals surface area contributed by atoms with Gasteiger partial charge >= 0.3 is 0 Å². The van der Waals surface area contributed by atoms with E-state index in [4.69, 9.17) is 11.6 Å². The number of hydrogen-bond donors (Lipinski definition) is 1. The summed E-state index contributed by atoms with van der Waals surface area (Å²) in [6.07, 6.45) is 7.08. The summed E-state index contributed by atoms with van der Waals surface area (Å²) in [5.74, 6) is 1.09. The third-order valence-electron chi connectivity index (χ3n) is 3.54. The fourth-order valence-corrected chi connectivity index (χ4v) is 2.94. The molecule has 3 nitrogen and oxygen atoms in total. The molecule has 4 heteroatoms. The van der Waals surface area contributed by atoms with Gasteiger partial charge in [0.1, 0.15) is 0 Å². The second-order valence-corrected chi connectivity index (χ2v) is 5.02. The summed E-state index contributed by atoms with van der Waals surface area (Å²) in [6, 6.07) is 2.67. The zero-order chi connectivity index (χ0) is 11.0. The fraction of sp³-hybridized carbons (Fsp3) is 0.583. The Morgan fingerprint density at radius 1 is 1.38 bits per heavy atom. The first kappa shape index (κ1) is 10.2. The first-order chi connectivity index (χ1) is 7.84. The highest BCUT2D eigenvalue weighted by Gasteiger charge is 2.27. The van der Waals surface area contributed by atoms with Gasteiger partial charge in [-0.15, -0.1) is 0 Å². The molecule has 86 valence electrons. The molecule has 1 fully saturated rings. The highest BCUT2D eigenvalue weighted by Crippen LogP contribution is 2.34. The third kappa shape index (κ3) is 1.73. The number of nitrogens with one attached hydrogen (secondary N) is 1. The SMILES string of the molecule is Clc1cnc2c(c1)NCCN2C1CCCC1. The topological polar surface area (TPSA) is 28.2 Å². The molecule has 0 bridgehead atoms. The van der Waals surface area contributed by atoms with E-state index in [-0.39, 0.29) is 0 Å². The number of aromatic nitrogens is 1. The molecule has 16 heavy (non-hydrogen) atoms. The van der Waals surface area contributed by atoms with E-state index in [1.807, 2.05) is 6.07 Å². The molecule has 3 rings (SSSR count). The molecule has 1 aliphatic carbocycles. The summed E-state index contributed by atoms with van der Waals surface area (Å²) in [7, 11) is 0. The number of hydrogen-bond acceptors (Lipinski definition) is 3. The van der Waals surface area contributed by atoms with Crippen LogP contribution in [0.3, 0.4) is 0 Å². The van der Waals surface area contributed by atoms with Crippen LogP contribution in [-0.2, 0) is 0 Å². The van der Waals surface area contributed by atoms with Crippen LogP contribution in [-0.4, -0.2) is 24.1 Å². The van der Waals surface area contributed by atoms with Gasteiger partial charge in [0.05, 0.1) is 10.7 Å². The van der Waals surface area contributed by atoms with Gasteiger partial charge in [0, 0.05) is 25.3 Å². The van der Waals surface area contributed by atoms with Crippen molar-refractivity contribution in [3.8, 4) is 0 Å². The van der Waals surface area contributed by atoms with E-state index >= 15 is 0 Å². The molecule has 2 heterocycles. The molecule has 0 amide bonds. The standard InChI is InChI=1S/C12H16ClN3/c13-9-7-11-12(15-8-9)16(6-5-14-11)10-3-1-2-4-10/h7-8,10,14H,1-6H2. The van der Waals surface area contributed by atoms with Crippen molar-refractivity contribution in [2.45, 2.75) is 31.7 Å². The van der Waals surface area contributed by atoms with Crippen LogP contribution >= 0.6 is 11.6 Å². The van der Waals surface area contributed by atoms with Gasteiger partial charge in [0.25, 0.3) is 0 Å². The molecular weight excluding hydrogens is 222 g/mol. The second-order valence-electron chi connectivity index (χ2n) is 4.58. The van der Waals surface area contributed by atoms with E-state index in [0.717, 1.165) is 24.6 Å². The monoisotopic (exact) mass is 237 g/mol. The molecule has 0 radical (unpaired) electrons. The van der Waals surface area contributed by atoms with Crippen molar-refractivity contribution >= 4 is 23.1 Å². The average Bonchev–Trinajstić information content (AvgIpc) is 2.81. The minimum absolute atomic E-state index is 0.689. The number of pyridine rings is 1. The van der Waals surface area contributed by atoms with Gasteiger partial charge in [-0.1, -0.05) is 24.4 Å². The summed E-state index contributed by atoms with van der Waals surface area (Å²) >= 11 is 5.96. The molecule has 0 unspecified atom stereocenters. The summed E-state index contributed by atoms with van der Waals surface area (Å²) in [4.78, 5) is 6.93. The van der Waals surface area contributed by atoms with Crippen LogP contribution in [0, 0.1) is 0 Å². The number of rotatable bonds is 1. The Bertz CT molecular complexity index is 388. The molecule has 1 aromatic rings. The molecule has 0 spiro atoms. The summed E-state index contributed by atoms with van der Waals surface area (Å²) in [6.45, 7) is 2.05. The third-order valence-corrected chi connectivity index (χ3v) is 3.75. The molecule has 1 N–H and O–H groups in total. The highest BCUT2D eigenvalue weighted by molar-refractivity contribution is 6.30. The van der Waals surface area contributed by atoms with E-state index in [1.54, 1.807) is 6.20 Å². The second kappa shape index (κ2) is 4.13. The normalized spacial score (nSPS) is 20.7. The zero-order valence-corrected chi connectivity index (χ0v) is 10.0. The van der Waals surface area contributed by atoms with E-state index in [2.05, 4.69) is 15.2 Å². The Labute approximate surface area is 101 Å². The lowest BCUT2D eigenvalue weighted by molar-refractivity contribution is 0.599. The van der Waals surface area contributed by atoms with E-state index in [1.165, 1.54) is 25.7 Å². The molecular formula is C12H16ClN3. The molecule has 1 aromatic heterocycles. The Kier molecular flexibility index (Phi) is 2.64. The maximum absolute atomic E-state index is 5.96. The van der Waals surface area contributed by atoms with Crippen molar-refractivity contribution in [2.75, 3.05) is 23.3 Å². The van der Waals surface area contributed by atoms with Gasteiger partial charge in [0.15, 0.2) is 5.82 Å². The Morgan fingerprint density at radius 2 is 2.19 bits per heavy atom. The van der Waals surface area contributed by atoms with E-state index < -0.39 is 0 Å². The van der Waals surface area contributed by atoms with Gasteiger partial charge in [-0.2, -0.15) is 0 Å². The van der Waals surface area contributed by atoms with Crippen molar-refractivity contribution in [1.29, 1.82) is 0 Å². The lowest BCUT2D eigenvalue weighted by Crippen LogP contribution is -2.41. The summed E-state index contributed by atoms with van der Waals surface area (Å²) in [5.41, 5.74) is 1.09. The van der Waals surface area contributed by atoms with E-state index in [0.29, 0.717) is 11.1 Å². The molecule has 2 aliphatic rings. The molecule has 0 aromatic carbocycles. The molecule has 1 aliphatic heterocycles. The predicted octanol–water partition coefficient (Wildman–Crippen LogP) is 2.91. The van der Waals surface area contributed by atoms with Gasteiger partial charge in [-0.3, -0.25) is 0 Å². The zero-order valence-electron chi connectivity index (χ0n) is 9.25. The van der Waals surface area contributed by atoms with Gasteiger partial charge in [0.2, 0.25) is 0 Å². The van der Waals surface area contributed by atoms with E-state index in [9.17, 15) is 0 Å². The van der Waals surface area contributed by atoms with Gasteiger partial charge in [-0.05, 0) is 18.9 Å². The van der Waals surface area contributed by atoms with Crippen molar-refractivity contribution in [3.63, 3.8) is 0 Å². The van der Waals surface area contributed by atoms with Crippen LogP contribution < -0.4 is 10.2 Å². The van der Waals surface area contributed by atoms with Crippen LogP contribution in [0.25, 0.3) is 0 Å². The van der Waals surface area contributed by atoms with Crippen molar-refractivity contribution < 1.29 is 0 Å². The van der Waals surface area contributed by atoms with Crippen LogP contribution in [0.4, 0.5) is 11.5 Å². The van der Waals surface area contributed by atoms with Crippen LogP contribution in [0.2, 0.25) is 5.02 Å². The first-order valence-electron chi connectivity index (χ1n) is 6.00. The molecule has 1 saturated carbocycles. The molecule has 0 saturated heterocycles. The Balaban J connectivity index is 1.93. The highest BCUT2D eigenvalue weighted by atomic mass is 35.5. The number of fused-ring (bicyclic) bond motifs is 1. The summed E-state index contributed by atoms with van der Waals surface area (Å²) < 4.78 is 0. The van der Waals surface area contributed by atoms with Crippen LogP contribution in [0.15, 0.2) is 12.3 Å². The van der Waals surface area contributed by atoms with Crippen molar-refractivity contribution in [2.24, 2.45) is 0 Å². The molecule has 0 atom stereocenters. The maximum Gasteiger partial charge on any atom is 0.152 e. The van der Waals surface area contributed by atoms with Crippen molar-refractivity contribution in [3.05, 3.63) is 17.3 Å². The smallest absolute Gasteiger partial charge is 0.152 e. The quantitative estimate of drug-likeness (QED) is 0.814. The Hall–Kier alpha value is -0.960. The largest absolute Gasteiger partial charge is 0.380 e.